The predicted octanol–water partition coefficient (Wildman–Crippen LogP) is 2.14. The summed E-state index contributed by atoms with van der Waals surface area (Å²) >= 11 is 0. The van der Waals surface area contributed by atoms with E-state index in [-0.39, 0.29) is 5.56 Å². The van der Waals surface area contributed by atoms with Crippen molar-refractivity contribution < 1.29 is 18.8 Å². The molecule has 1 N–H and O–H groups in total. The average Bonchev–Trinajstić information content (AvgIpc) is 2.21. The standard InChI is InChI=1S/C10H11F2NO3/c1-10(2,5-14)6-3-7(11)8(12)4-9(6)13(15)16/h3-4,14H,5H2,1-2H3. The van der Waals surface area contributed by atoms with Gasteiger partial charge in [0.1, 0.15) is 0 Å². The van der Waals surface area contributed by atoms with Crippen LogP contribution in [0.4, 0.5) is 14.5 Å². The minimum atomic E-state index is -1.27. The SMILES string of the molecule is CC(C)(CO)c1cc(F)c(F)cc1[N+](=O)[O-]. The molecule has 0 heterocycles. The maximum atomic E-state index is 13.0. The number of aliphatic hydroxyl groups is 1. The van der Waals surface area contributed by atoms with Crippen LogP contribution < -0.4 is 0 Å². The molecule has 0 unspecified atom stereocenters. The number of nitrogens with zero attached hydrogens (tertiary/aromatic N) is 1. The van der Waals surface area contributed by atoms with Crippen LogP contribution in [-0.4, -0.2) is 16.6 Å². The quantitative estimate of drug-likeness (QED) is 0.640. The van der Waals surface area contributed by atoms with Crippen molar-refractivity contribution in [1.82, 2.24) is 0 Å². The Morgan fingerprint density at radius 2 is 1.88 bits per heavy atom. The normalized spacial score (nSPS) is 11.6. The van der Waals surface area contributed by atoms with Crippen LogP contribution in [0.15, 0.2) is 12.1 Å². The number of halogens is 2. The first-order chi connectivity index (χ1) is 7.29. The van der Waals surface area contributed by atoms with Gasteiger partial charge in [-0.05, 0) is 6.07 Å². The Hall–Kier alpha value is -1.56. The Morgan fingerprint density at radius 1 is 1.38 bits per heavy atom. The number of hydrogen-bond acceptors (Lipinski definition) is 3. The van der Waals surface area contributed by atoms with Crippen molar-refractivity contribution in [2.45, 2.75) is 19.3 Å². The van der Waals surface area contributed by atoms with Crippen molar-refractivity contribution in [3.63, 3.8) is 0 Å². The van der Waals surface area contributed by atoms with Crippen LogP contribution in [-0.2, 0) is 5.41 Å². The lowest BCUT2D eigenvalue weighted by atomic mass is 9.84. The smallest absolute Gasteiger partial charge is 0.276 e. The Balaban J connectivity index is 3.48. The van der Waals surface area contributed by atoms with Crippen LogP contribution in [0.1, 0.15) is 19.4 Å². The highest BCUT2D eigenvalue weighted by Gasteiger charge is 2.30. The number of nitro benzene ring substituents is 1. The highest BCUT2D eigenvalue weighted by atomic mass is 19.2. The summed E-state index contributed by atoms with van der Waals surface area (Å²) in [7, 11) is 0. The minimum absolute atomic E-state index is 0.0288. The van der Waals surface area contributed by atoms with E-state index in [0.717, 1.165) is 6.07 Å². The summed E-state index contributed by atoms with van der Waals surface area (Å²) in [6.07, 6.45) is 0. The van der Waals surface area contributed by atoms with Crippen molar-refractivity contribution in [2.24, 2.45) is 0 Å². The van der Waals surface area contributed by atoms with Gasteiger partial charge < -0.3 is 5.11 Å². The van der Waals surface area contributed by atoms with Crippen LogP contribution >= 0.6 is 0 Å². The van der Waals surface area contributed by atoms with Gasteiger partial charge in [-0.1, -0.05) is 13.8 Å². The maximum Gasteiger partial charge on any atom is 0.276 e. The Bertz CT molecular complexity index is 432. The molecule has 0 saturated carbocycles. The molecule has 0 aromatic heterocycles. The first-order valence-electron chi connectivity index (χ1n) is 4.54. The zero-order chi connectivity index (χ0) is 12.5. The average molecular weight is 231 g/mol. The van der Waals surface area contributed by atoms with E-state index in [4.69, 9.17) is 5.11 Å². The number of nitro groups is 1. The third-order valence-electron chi connectivity index (χ3n) is 2.36. The van der Waals surface area contributed by atoms with Crippen molar-refractivity contribution in [1.29, 1.82) is 0 Å². The van der Waals surface area contributed by atoms with Gasteiger partial charge in [-0.2, -0.15) is 0 Å². The number of aliphatic hydroxyl groups excluding tert-OH is 1. The summed E-state index contributed by atoms with van der Waals surface area (Å²) < 4.78 is 25.9. The topological polar surface area (TPSA) is 63.4 Å². The molecular formula is C10H11F2NO3. The summed E-state index contributed by atoms with van der Waals surface area (Å²) in [5.74, 6) is -2.44. The molecule has 0 fully saturated rings. The third-order valence-corrected chi connectivity index (χ3v) is 2.36. The molecule has 6 heteroatoms. The Morgan fingerprint density at radius 3 is 2.31 bits per heavy atom. The van der Waals surface area contributed by atoms with E-state index in [2.05, 4.69) is 0 Å². The summed E-state index contributed by atoms with van der Waals surface area (Å²) in [4.78, 5) is 9.89. The molecular weight excluding hydrogens is 220 g/mol. The van der Waals surface area contributed by atoms with E-state index in [1.54, 1.807) is 0 Å². The van der Waals surface area contributed by atoms with Crippen LogP contribution in [0.3, 0.4) is 0 Å². The van der Waals surface area contributed by atoms with Gasteiger partial charge in [-0.3, -0.25) is 10.1 Å². The van der Waals surface area contributed by atoms with Crippen molar-refractivity contribution in [3.8, 4) is 0 Å². The second-order valence-corrected chi connectivity index (χ2v) is 4.08. The summed E-state index contributed by atoms with van der Waals surface area (Å²) in [6, 6.07) is 1.28. The highest BCUT2D eigenvalue weighted by Crippen LogP contribution is 2.32. The van der Waals surface area contributed by atoms with Crippen molar-refractivity contribution in [2.75, 3.05) is 6.61 Å². The minimum Gasteiger partial charge on any atom is -0.395 e. The van der Waals surface area contributed by atoms with Gasteiger partial charge in [0, 0.05) is 11.0 Å². The fourth-order valence-corrected chi connectivity index (χ4v) is 1.31. The second kappa shape index (κ2) is 4.13. The molecule has 4 nitrogen and oxygen atoms in total. The molecule has 0 aliphatic carbocycles. The van der Waals surface area contributed by atoms with E-state index in [0.29, 0.717) is 6.07 Å². The Labute approximate surface area is 90.7 Å². The molecule has 1 rings (SSSR count). The van der Waals surface area contributed by atoms with Crippen LogP contribution in [0.5, 0.6) is 0 Å². The fraction of sp³-hybridized carbons (Fsp3) is 0.400. The number of benzene rings is 1. The summed E-state index contributed by atoms with van der Waals surface area (Å²) in [5.41, 5.74) is -1.56. The maximum absolute atomic E-state index is 13.0. The van der Waals surface area contributed by atoms with Gasteiger partial charge in [0.25, 0.3) is 5.69 Å². The summed E-state index contributed by atoms with van der Waals surface area (Å²) in [6.45, 7) is 2.61. The van der Waals surface area contributed by atoms with Gasteiger partial charge >= 0.3 is 0 Å². The second-order valence-electron chi connectivity index (χ2n) is 4.08. The van der Waals surface area contributed by atoms with Crippen LogP contribution in [0.2, 0.25) is 0 Å². The lowest BCUT2D eigenvalue weighted by molar-refractivity contribution is -0.386. The molecule has 0 aliphatic heterocycles. The molecule has 0 atom stereocenters. The predicted molar refractivity (Wildman–Crippen MR) is 53.1 cm³/mol. The van der Waals surface area contributed by atoms with E-state index < -0.39 is 34.3 Å². The highest BCUT2D eigenvalue weighted by molar-refractivity contribution is 5.45. The van der Waals surface area contributed by atoms with E-state index in [1.165, 1.54) is 13.8 Å². The number of rotatable bonds is 3. The van der Waals surface area contributed by atoms with E-state index in [9.17, 15) is 18.9 Å². The fourth-order valence-electron chi connectivity index (χ4n) is 1.31. The van der Waals surface area contributed by atoms with Gasteiger partial charge in [0.15, 0.2) is 11.6 Å². The first-order valence-corrected chi connectivity index (χ1v) is 4.54. The van der Waals surface area contributed by atoms with Crippen LogP contribution in [0, 0.1) is 21.7 Å². The van der Waals surface area contributed by atoms with E-state index >= 15 is 0 Å². The third kappa shape index (κ3) is 2.16. The molecule has 0 spiro atoms. The largest absolute Gasteiger partial charge is 0.395 e. The molecule has 88 valence electrons. The molecule has 0 saturated heterocycles. The van der Waals surface area contributed by atoms with Gasteiger partial charge in [0.05, 0.1) is 17.6 Å². The molecule has 0 aliphatic rings. The zero-order valence-corrected chi connectivity index (χ0v) is 8.83. The molecule has 0 radical (unpaired) electrons. The lowest BCUT2D eigenvalue weighted by Gasteiger charge is -2.21. The van der Waals surface area contributed by atoms with Gasteiger partial charge in [-0.15, -0.1) is 0 Å². The van der Waals surface area contributed by atoms with Gasteiger partial charge in [-0.25, -0.2) is 8.78 Å². The zero-order valence-electron chi connectivity index (χ0n) is 8.83. The lowest BCUT2D eigenvalue weighted by Crippen LogP contribution is -2.24. The summed E-state index contributed by atoms with van der Waals surface area (Å²) in [5, 5.41) is 19.8. The van der Waals surface area contributed by atoms with Gasteiger partial charge in [0.2, 0.25) is 0 Å². The van der Waals surface area contributed by atoms with Crippen LogP contribution in [0.25, 0.3) is 0 Å². The monoisotopic (exact) mass is 231 g/mol. The molecule has 16 heavy (non-hydrogen) atoms. The van der Waals surface area contributed by atoms with Crippen molar-refractivity contribution >= 4 is 5.69 Å². The molecule has 0 bridgehead atoms. The molecule has 0 amide bonds. The molecule has 1 aromatic rings. The number of hydrogen-bond donors (Lipinski definition) is 1. The Kier molecular flexibility index (Phi) is 3.23. The van der Waals surface area contributed by atoms with E-state index in [1.807, 2.05) is 0 Å². The van der Waals surface area contributed by atoms with Crippen molar-refractivity contribution in [3.05, 3.63) is 39.4 Å². The first kappa shape index (κ1) is 12.5. The molecule has 1 aromatic carbocycles.